The van der Waals surface area contributed by atoms with Crippen LogP contribution in [0.2, 0.25) is 0 Å². The Balaban J connectivity index is 1.96. The zero-order valence-electron chi connectivity index (χ0n) is 17.1. The summed E-state index contributed by atoms with van der Waals surface area (Å²) in [4.78, 5) is 28.9. The molecule has 7 heteroatoms. The number of nitrogens with zero attached hydrogens (tertiary/aromatic N) is 3. The van der Waals surface area contributed by atoms with Crippen LogP contribution < -0.4 is 0 Å². The highest BCUT2D eigenvalue weighted by Crippen LogP contribution is 2.37. The Labute approximate surface area is 162 Å². The van der Waals surface area contributed by atoms with Crippen LogP contribution in [-0.2, 0) is 14.3 Å². The first-order valence-electron chi connectivity index (χ1n) is 9.97. The van der Waals surface area contributed by atoms with Crippen LogP contribution >= 0.6 is 0 Å². The van der Waals surface area contributed by atoms with Crippen LogP contribution in [0.4, 0.5) is 4.79 Å². The summed E-state index contributed by atoms with van der Waals surface area (Å²) < 4.78 is 10.7. The van der Waals surface area contributed by atoms with Crippen molar-refractivity contribution in [2.75, 3.05) is 32.8 Å². The van der Waals surface area contributed by atoms with Gasteiger partial charge >= 0.3 is 12.1 Å². The molecule has 2 aliphatic rings. The van der Waals surface area contributed by atoms with Crippen LogP contribution in [0.25, 0.3) is 0 Å². The summed E-state index contributed by atoms with van der Waals surface area (Å²) in [5.41, 5.74) is -1.21. The Bertz CT molecular complexity index is 573. The van der Waals surface area contributed by atoms with E-state index in [4.69, 9.17) is 9.47 Å². The van der Waals surface area contributed by atoms with Gasteiger partial charge in [-0.05, 0) is 59.9 Å². The first-order chi connectivity index (χ1) is 12.7. The molecule has 2 heterocycles. The molecule has 2 rings (SSSR count). The molecule has 2 saturated heterocycles. The molecule has 2 aliphatic heterocycles. The molecule has 0 bridgehead atoms. The monoisotopic (exact) mass is 379 g/mol. The van der Waals surface area contributed by atoms with Gasteiger partial charge in [0, 0.05) is 25.7 Å². The van der Waals surface area contributed by atoms with Crippen LogP contribution in [0.3, 0.4) is 0 Å². The van der Waals surface area contributed by atoms with E-state index in [2.05, 4.69) is 11.0 Å². The second kappa shape index (κ2) is 8.92. The van der Waals surface area contributed by atoms with Crippen molar-refractivity contribution in [2.24, 2.45) is 5.41 Å². The molecule has 0 aliphatic carbocycles. The van der Waals surface area contributed by atoms with Gasteiger partial charge in [0.2, 0.25) is 0 Å². The lowest BCUT2D eigenvalue weighted by molar-refractivity contribution is -0.159. The van der Waals surface area contributed by atoms with Crippen LogP contribution in [0.15, 0.2) is 0 Å². The quantitative estimate of drug-likeness (QED) is 0.699. The first-order valence-corrected chi connectivity index (χ1v) is 9.97. The fourth-order valence-corrected chi connectivity index (χ4v) is 4.04. The number of amides is 1. The molecule has 0 aromatic rings. The molecule has 1 unspecified atom stereocenters. The lowest BCUT2D eigenvalue weighted by atomic mass is 9.76. The molecular weight excluding hydrogens is 346 g/mol. The van der Waals surface area contributed by atoms with E-state index in [1.807, 2.05) is 20.8 Å². The normalized spacial score (nSPS) is 24.9. The van der Waals surface area contributed by atoms with Gasteiger partial charge in [-0.1, -0.05) is 0 Å². The third-order valence-electron chi connectivity index (χ3n) is 5.36. The molecule has 0 radical (unpaired) electrons. The number of ether oxygens (including phenoxy) is 2. The molecule has 1 atom stereocenters. The van der Waals surface area contributed by atoms with Gasteiger partial charge in [0.05, 0.1) is 24.5 Å². The van der Waals surface area contributed by atoms with E-state index in [1.165, 1.54) is 0 Å². The number of esters is 1. The molecule has 0 N–H and O–H groups in total. The smallest absolute Gasteiger partial charge is 0.410 e. The highest BCUT2D eigenvalue weighted by atomic mass is 16.6. The molecule has 0 aromatic carbocycles. The topological polar surface area (TPSA) is 82.9 Å². The van der Waals surface area contributed by atoms with E-state index in [-0.39, 0.29) is 18.5 Å². The molecular formula is C20H33N3O4. The molecule has 0 spiro atoms. The predicted molar refractivity (Wildman–Crippen MR) is 101 cm³/mol. The Morgan fingerprint density at radius 3 is 2.44 bits per heavy atom. The molecule has 152 valence electrons. The molecule has 7 nitrogen and oxygen atoms in total. The van der Waals surface area contributed by atoms with Crippen LogP contribution in [0, 0.1) is 16.7 Å². The van der Waals surface area contributed by atoms with Crippen molar-refractivity contribution >= 4 is 12.1 Å². The van der Waals surface area contributed by atoms with Gasteiger partial charge in [0.25, 0.3) is 0 Å². The summed E-state index contributed by atoms with van der Waals surface area (Å²) in [6.45, 7) is 10.5. The number of hydrogen-bond acceptors (Lipinski definition) is 6. The van der Waals surface area contributed by atoms with E-state index in [0.717, 1.165) is 25.8 Å². The van der Waals surface area contributed by atoms with Gasteiger partial charge in [-0.3, -0.25) is 9.69 Å². The predicted octanol–water partition coefficient (Wildman–Crippen LogP) is 2.94. The summed E-state index contributed by atoms with van der Waals surface area (Å²) in [6.07, 6.45) is 3.22. The van der Waals surface area contributed by atoms with Crippen LogP contribution in [-0.4, -0.2) is 66.3 Å². The summed E-state index contributed by atoms with van der Waals surface area (Å²) in [5.74, 6) is -0.248. The van der Waals surface area contributed by atoms with E-state index in [9.17, 15) is 14.9 Å². The van der Waals surface area contributed by atoms with Crippen LogP contribution in [0.5, 0.6) is 0 Å². The minimum absolute atomic E-state index is 0.194. The maximum atomic E-state index is 12.5. The number of nitriles is 1. The van der Waals surface area contributed by atoms with Gasteiger partial charge in [0.15, 0.2) is 0 Å². The summed E-state index contributed by atoms with van der Waals surface area (Å²) in [5, 5.41) is 9.25. The van der Waals surface area contributed by atoms with Crippen LogP contribution in [0.1, 0.15) is 59.8 Å². The maximum Gasteiger partial charge on any atom is 0.410 e. The number of carbonyl (C=O) groups is 2. The number of hydrogen-bond donors (Lipinski definition) is 0. The molecule has 0 aromatic heterocycles. The minimum Gasteiger partial charge on any atom is -0.465 e. The number of carbonyl (C=O) groups excluding carboxylic acids is 2. The SMILES string of the molecule is CCOC(=O)C1(CC#N)CCCN(C2CCN(C(=O)OC(C)(C)C)CC2)C1. The maximum absolute atomic E-state index is 12.5. The summed E-state index contributed by atoms with van der Waals surface area (Å²) in [6, 6.07) is 2.50. The summed E-state index contributed by atoms with van der Waals surface area (Å²) >= 11 is 0. The Kier molecular flexibility index (Phi) is 7.10. The Morgan fingerprint density at radius 1 is 1.22 bits per heavy atom. The average molecular weight is 380 g/mol. The first kappa shape index (κ1) is 21.5. The van der Waals surface area contributed by atoms with E-state index < -0.39 is 11.0 Å². The fraction of sp³-hybridized carbons (Fsp3) is 0.850. The lowest BCUT2D eigenvalue weighted by Crippen LogP contribution is -2.54. The van der Waals surface area contributed by atoms with Gasteiger partial charge in [-0.2, -0.15) is 5.26 Å². The van der Waals surface area contributed by atoms with Crippen molar-refractivity contribution in [1.29, 1.82) is 5.26 Å². The molecule has 2 fully saturated rings. The van der Waals surface area contributed by atoms with Gasteiger partial charge in [-0.25, -0.2) is 4.79 Å². The van der Waals surface area contributed by atoms with E-state index in [0.29, 0.717) is 38.7 Å². The minimum atomic E-state index is -0.717. The molecule has 0 saturated carbocycles. The van der Waals surface area contributed by atoms with E-state index >= 15 is 0 Å². The van der Waals surface area contributed by atoms with Crippen molar-refractivity contribution in [3.8, 4) is 6.07 Å². The number of likely N-dealkylation sites (tertiary alicyclic amines) is 2. The van der Waals surface area contributed by atoms with Gasteiger partial charge in [-0.15, -0.1) is 0 Å². The van der Waals surface area contributed by atoms with Gasteiger partial charge in [0.1, 0.15) is 5.60 Å². The van der Waals surface area contributed by atoms with Gasteiger partial charge < -0.3 is 14.4 Å². The second-order valence-corrected chi connectivity index (χ2v) is 8.61. The van der Waals surface area contributed by atoms with Crippen molar-refractivity contribution < 1.29 is 19.1 Å². The highest BCUT2D eigenvalue weighted by molar-refractivity contribution is 5.77. The zero-order chi connectivity index (χ0) is 20.1. The standard InChI is InChI=1S/C20H33N3O4/c1-5-26-17(24)20(10-11-21)9-6-12-23(15-20)16-7-13-22(14-8-16)18(25)27-19(2,3)4/h16H,5-10,12-15H2,1-4H3. The van der Waals surface area contributed by atoms with Crippen molar-refractivity contribution in [1.82, 2.24) is 9.80 Å². The Morgan fingerprint density at radius 2 is 1.89 bits per heavy atom. The van der Waals surface area contributed by atoms with Crippen molar-refractivity contribution in [3.63, 3.8) is 0 Å². The second-order valence-electron chi connectivity index (χ2n) is 8.61. The highest BCUT2D eigenvalue weighted by Gasteiger charge is 2.45. The van der Waals surface area contributed by atoms with Crippen molar-refractivity contribution in [3.05, 3.63) is 0 Å². The third kappa shape index (κ3) is 5.58. The Hall–Kier alpha value is -1.81. The van der Waals surface area contributed by atoms with E-state index in [1.54, 1.807) is 11.8 Å². The third-order valence-corrected chi connectivity index (χ3v) is 5.36. The fourth-order valence-electron chi connectivity index (χ4n) is 4.04. The molecule has 1 amide bonds. The zero-order valence-corrected chi connectivity index (χ0v) is 17.1. The largest absolute Gasteiger partial charge is 0.465 e. The lowest BCUT2D eigenvalue weighted by Gasteiger charge is -2.45. The summed E-state index contributed by atoms with van der Waals surface area (Å²) in [7, 11) is 0. The average Bonchev–Trinajstić information content (AvgIpc) is 2.61. The van der Waals surface area contributed by atoms with Crippen molar-refractivity contribution in [2.45, 2.75) is 71.4 Å². The number of rotatable bonds is 4. The number of piperidine rings is 2. The molecule has 27 heavy (non-hydrogen) atoms.